The number of benzene rings is 2. The van der Waals surface area contributed by atoms with Gasteiger partial charge in [-0.1, -0.05) is 48.5 Å². The number of carbonyl (C=O) groups excluding carboxylic acids is 2. The van der Waals surface area contributed by atoms with Gasteiger partial charge in [-0.2, -0.15) is 5.26 Å². The number of para-hydroxylation sites is 1. The fourth-order valence-corrected chi connectivity index (χ4v) is 2.27. The minimum atomic E-state index is -0.717. The van der Waals surface area contributed by atoms with Crippen LogP contribution < -0.4 is 5.32 Å². The molecule has 2 aromatic rings. The summed E-state index contributed by atoms with van der Waals surface area (Å²) < 4.78 is 0. The third-order valence-corrected chi connectivity index (χ3v) is 3.82. The van der Waals surface area contributed by atoms with Gasteiger partial charge in [-0.15, -0.1) is 0 Å². The Morgan fingerprint density at radius 3 is 2.42 bits per heavy atom. The van der Waals surface area contributed by atoms with Crippen LogP contribution in [0.1, 0.15) is 13.3 Å². The molecule has 2 amide bonds. The van der Waals surface area contributed by atoms with E-state index in [9.17, 15) is 9.59 Å². The summed E-state index contributed by atoms with van der Waals surface area (Å²) in [7, 11) is 1.52. The molecule has 0 aromatic heterocycles. The quantitative estimate of drug-likeness (QED) is 0.880. The van der Waals surface area contributed by atoms with E-state index < -0.39 is 11.8 Å². The lowest BCUT2D eigenvalue weighted by molar-refractivity contribution is -0.143. The minimum absolute atomic E-state index is 0.177. The normalized spacial score (nSPS) is 11.2. The summed E-state index contributed by atoms with van der Waals surface area (Å²) in [6.07, 6.45) is 0.177. The van der Waals surface area contributed by atoms with E-state index in [-0.39, 0.29) is 12.5 Å². The molecule has 24 heavy (non-hydrogen) atoms. The van der Waals surface area contributed by atoms with Gasteiger partial charge >= 0.3 is 11.8 Å². The van der Waals surface area contributed by atoms with Crippen molar-refractivity contribution in [1.29, 1.82) is 5.26 Å². The summed E-state index contributed by atoms with van der Waals surface area (Å²) in [4.78, 5) is 25.8. The molecule has 0 aliphatic heterocycles. The smallest absolute Gasteiger partial charge is 0.313 e. The molecule has 0 aliphatic rings. The summed E-state index contributed by atoms with van der Waals surface area (Å²) in [6, 6.07) is 18.6. The van der Waals surface area contributed by atoms with Crippen molar-refractivity contribution in [2.75, 3.05) is 12.4 Å². The Bertz CT molecular complexity index is 766. The van der Waals surface area contributed by atoms with E-state index in [1.54, 1.807) is 19.1 Å². The third kappa shape index (κ3) is 3.99. The zero-order valence-electron chi connectivity index (χ0n) is 13.7. The first-order chi connectivity index (χ1) is 11.5. The van der Waals surface area contributed by atoms with Gasteiger partial charge in [-0.3, -0.25) is 9.59 Å². The topological polar surface area (TPSA) is 73.2 Å². The third-order valence-electron chi connectivity index (χ3n) is 3.82. The molecule has 0 saturated carbocycles. The van der Waals surface area contributed by atoms with Gasteiger partial charge in [0.15, 0.2) is 0 Å². The first-order valence-electron chi connectivity index (χ1n) is 7.64. The Kier molecular flexibility index (Phi) is 5.69. The number of amides is 2. The van der Waals surface area contributed by atoms with Crippen molar-refractivity contribution in [1.82, 2.24) is 4.90 Å². The van der Waals surface area contributed by atoms with Crippen LogP contribution in [0.2, 0.25) is 0 Å². The Morgan fingerprint density at radius 2 is 1.75 bits per heavy atom. The number of likely N-dealkylation sites (N-methyl/N-ethyl adjacent to an activating group) is 1. The SMILES string of the molecule is CC(CC#N)N(C)C(=O)C(=O)Nc1ccccc1-c1ccccc1. The lowest BCUT2D eigenvalue weighted by Crippen LogP contribution is -2.42. The maximum Gasteiger partial charge on any atom is 0.313 e. The van der Waals surface area contributed by atoms with Crippen LogP contribution in [-0.2, 0) is 9.59 Å². The van der Waals surface area contributed by atoms with Crippen LogP contribution >= 0.6 is 0 Å². The number of hydrogen-bond acceptors (Lipinski definition) is 3. The van der Waals surface area contributed by atoms with E-state index in [0.29, 0.717) is 5.69 Å². The lowest BCUT2D eigenvalue weighted by Gasteiger charge is -2.22. The van der Waals surface area contributed by atoms with Crippen molar-refractivity contribution in [2.45, 2.75) is 19.4 Å². The van der Waals surface area contributed by atoms with Crippen LogP contribution in [0, 0.1) is 11.3 Å². The largest absolute Gasteiger partial charge is 0.334 e. The zero-order chi connectivity index (χ0) is 17.5. The first kappa shape index (κ1) is 17.2. The zero-order valence-corrected chi connectivity index (χ0v) is 13.7. The van der Waals surface area contributed by atoms with Gasteiger partial charge in [-0.25, -0.2) is 0 Å². The van der Waals surface area contributed by atoms with Crippen LogP contribution in [0.5, 0.6) is 0 Å². The Labute approximate surface area is 141 Å². The number of carbonyl (C=O) groups is 2. The molecular formula is C19H19N3O2. The van der Waals surface area contributed by atoms with Crippen molar-refractivity contribution >= 4 is 17.5 Å². The van der Waals surface area contributed by atoms with Crippen molar-refractivity contribution in [3.8, 4) is 17.2 Å². The Morgan fingerprint density at radius 1 is 1.12 bits per heavy atom. The number of nitriles is 1. The van der Waals surface area contributed by atoms with E-state index in [1.807, 2.05) is 48.5 Å². The average molecular weight is 321 g/mol. The highest BCUT2D eigenvalue weighted by Gasteiger charge is 2.23. The molecule has 1 unspecified atom stereocenters. The van der Waals surface area contributed by atoms with Crippen LogP contribution in [0.3, 0.4) is 0 Å². The highest BCUT2D eigenvalue weighted by molar-refractivity contribution is 6.39. The lowest BCUT2D eigenvalue weighted by atomic mass is 10.0. The molecule has 0 fully saturated rings. The van der Waals surface area contributed by atoms with E-state index in [0.717, 1.165) is 11.1 Å². The highest BCUT2D eigenvalue weighted by Crippen LogP contribution is 2.27. The molecule has 0 heterocycles. The van der Waals surface area contributed by atoms with Gasteiger partial charge in [0.2, 0.25) is 0 Å². The van der Waals surface area contributed by atoms with Crippen LogP contribution in [-0.4, -0.2) is 29.8 Å². The van der Waals surface area contributed by atoms with Crippen molar-refractivity contribution in [2.24, 2.45) is 0 Å². The molecule has 122 valence electrons. The maximum absolute atomic E-state index is 12.3. The number of rotatable bonds is 4. The summed E-state index contributed by atoms with van der Waals surface area (Å²) in [5.41, 5.74) is 2.36. The second-order valence-electron chi connectivity index (χ2n) is 5.49. The second-order valence-corrected chi connectivity index (χ2v) is 5.49. The number of hydrogen-bond donors (Lipinski definition) is 1. The molecule has 0 radical (unpaired) electrons. The van der Waals surface area contributed by atoms with E-state index in [2.05, 4.69) is 5.32 Å². The first-order valence-corrected chi connectivity index (χ1v) is 7.64. The molecule has 0 bridgehead atoms. The van der Waals surface area contributed by atoms with Gasteiger partial charge in [0.25, 0.3) is 0 Å². The van der Waals surface area contributed by atoms with E-state index >= 15 is 0 Å². The molecule has 1 N–H and O–H groups in total. The van der Waals surface area contributed by atoms with Gasteiger partial charge in [-0.05, 0) is 18.6 Å². The van der Waals surface area contributed by atoms with Crippen LogP contribution in [0.25, 0.3) is 11.1 Å². The van der Waals surface area contributed by atoms with Gasteiger partial charge < -0.3 is 10.2 Å². The molecular weight excluding hydrogens is 302 g/mol. The Balaban J connectivity index is 2.19. The molecule has 0 saturated heterocycles. The summed E-state index contributed by atoms with van der Waals surface area (Å²) in [6.45, 7) is 1.73. The summed E-state index contributed by atoms with van der Waals surface area (Å²) >= 11 is 0. The fourth-order valence-electron chi connectivity index (χ4n) is 2.27. The molecule has 1 atom stereocenters. The van der Waals surface area contributed by atoms with Crippen molar-refractivity contribution in [3.05, 3.63) is 54.6 Å². The summed E-state index contributed by atoms with van der Waals surface area (Å²) in [5, 5.41) is 11.4. The van der Waals surface area contributed by atoms with Gasteiger partial charge in [0, 0.05) is 24.3 Å². The van der Waals surface area contributed by atoms with E-state index in [1.165, 1.54) is 11.9 Å². The average Bonchev–Trinajstić information content (AvgIpc) is 2.61. The predicted octanol–water partition coefficient (Wildman–Crippen LogP) is 3.05. The molecule has 0 aliphatic carbocycles. The fraction of sp³-hybridized carbons (Fsp3) is 0.211. The highest BCUT2D eigenvalue weighted by atomic mass is 16.2. The van der Waals surface area contributed by atoms with Crippen LogP contribution in [0.4, 0.5) is 5.69 Å². The summed E-state index contributed by atoms with van der Waals surface area (Å²) in [5.74, 6) is -1.38. The molecule has 2 aromatic carbocycles. The molecule has 2 rings (SSSR count). The predicted molar refractivity (Wildman–Crippen MR) is 93.0 cm³/mol. The maximum atomic E-state index is 12.3. The number of nitrogens with zero attached hydrogens (tertiary/aromatic N) is 2. The molecule has 5 nitrogen and oxygen atoms in total. The van der Waals surface area contributed by atoms with Gasteiger partial charge in [0.05, 0.1) is 12.5 Å². The minimum Gasteiger partial charge on any atom is -0.334 e. The molecule has 0 spiro atoms. The number of nitrogens with one attached hydrogen (secondary N) is 1. The standard InChI is InChI=1S/C19H19N3O2/c1-14(12-13-20)22(2)19(24)18(23)21-17-11-7-6-10-16(17)15-8-4-3-5-9-15/h3-11,14H,12H2,1-2H3,(H,21,23). The van der Waals surface area contributed by atoms with Gasteiger partial charge in [0.1, 0.15) is 0 Å². The number of anilines is 1. The monoisotopic (exact) mass is 321 g/mol. The van der Waals surface area contributed by atoms with E-state index in [4.69, 9.17) is 5.26 Å². The Hall–Kier alpha value is -3.13. The second kappa shape index (κ2) is 7.93. The van der Waals surface area contributed by atoms with Crippen molar-refractivity contribution in [3.63, 3.8) is 0 Å². The molecule has 5 heteroatoms. The van der Waals surface area contributed by atoms with Crippen LogP contribution in [0.15, 0.2) is 54.6 Å². The van der Waals surface area contributed by atoms with Crippen molar-refractivity contribution < 1.29 is 9.59 Å².